The highest BCUT2D eigenvalue weighted by Gasteiger charge is 2.31. The average molecular weight is 455 g/mol. The van der Waals surface area contributed by atoms with Gasteiger partial charge < -0.3 is 4.90 Å². The molecule has 0 bridgehead atoms. The second-order valence-corrected chi connectivity index (χ2v) is 9.84. The number of nitrogens with zero attached hydrogens (tertiary/aromatic N) is 2. The van der Waals surface area contributed by atoms with E-state index in [1.165, 1.54) is 18.6 Å². The predicted molar refractivity (Wildman–Crippen MR) is 117 cm³/mol. The molecule has 2 aromatic carbocycles. The molecule has 0 N–H and O–H groups in total. The molecule has 2 aromatic rings. The summed E-state index contributed by atoms with van der Waals surface area (Å²) in [5.41, 5.74) is 0.188. The van der Waals surface area contributed by atoms with Crippen LogP contribution in [0.3, 0.4) is 0 Å². The first-order valence-electron chi connectivity index (χ1n) is 9.60. The fraction of sp³-hybridized carbons (Fsp3) is 0.381. The third-order valence-corrected chi connectivity index (χ3v) is 7.91. The van der Waals surface area contributed by atoms with Crippen LogP contribution in [-0.4, -0.2) is 38.9 Å². The molecule has 0 aliphatic heterocycles. The van der Waals surface area contributed by atoms with E-state index in [0.717, 1.165) is 30.0 Å². The van der Waals surface area contributed by atoms with E-state index in [9.17, 15) is 13.2 Å². The number of carbonyl (C=O) groups is 1. The van der Waals surface area contributed by atoms with Crippen LogP contribution in [0.2, 0.25) is 10.0 Å². The van der Waals surface area contributed by atoms with Crippen molar-refractivity contribution in [2.45, 2.75) is 43.0 Å². The predicted octanol–water partition coefficient (Wildman–Crippen LogP) is 4.98. The number of amides is 1. The maximum Gasteiger partial charge on any atom is 0.264 e. The maximum atomic E-state index is 13.4. The van der Waals surface area contributed by atoms with Gasteiger partial charge in [-0.25, -0.2) is 8.42 Å². The van der Waals surface area contributed by atoms with E-state index in [1.807, 2.05) is 0 Å². The molecule has 8 heteroatoms. The SMILES string of the molecule is CN(C(=O)CN(c1cccc(Cl)c1Cl)S(=O)(=O)c1ccccc1)C1CCCCC1. The van der Waals surface area contributed by atoms with E-state index in [2.05, 4.69) is 0 Å². The van der Waals surface area contributed by atoms with Crippen LogP contribution in [0.4, 0.5) is 5.69 Å². The van der Waals surface area contributed by atoms with Crippen LogP contribution < -0.4 is 4.31 Å². The number of sulfonamides is 1. The normalized spacial score (nSPS) is 15.1. The largest absolute Gasteiger partial charge is 0.341 e. The Morgan fingerprint density at radius 1 is 1.00 bits per heavy atom. The molecule has 0 aromatic heterocycles. The topological polar surface area (TPSA) is 57.7 Å². The summed E-state index contributed by atoms with van der Waals surface area (Å²) < 4.78 is 27.8. The molecular weight excluding hydrogens is 431 g/mol. The van der Waals surface area contributed by atoms with Gasteiger partial charge in [-0.1, -0.05) is 66.7 Å². The van der Waals surface area contributed by atoms with Crippen molar-refractivity contribution in [3.8, 4) is 0 Å². The van der Waals surface area contributed by atoms with E-state index >= 15 is 0 Å². The van der Waals surface area contributed by atoms with Crippen molar-refractivity contribution in [3.63, 3.8) is 0 Å². The molecular formula is C21H24Cl2N2O3S. The monoisotopic (exact) mass is 454 g/mol. The number of rotatable bonds is 6. The van der Waals surface area contributed by atoms with Crippen molar-refractivity contribution in [1.82, 2.24) is 4.90 Å². The zero-order valence-corrected chi connectivity index (χ0v) is 18.6. The quantitative estimate of drug-likeness (QED) is 0.618. The lowest BCUT2D eigenvalue weighted by Gasteiger charge is -2.33. The summed E-state index contributed by atoms with van der Waals surface area (Å²) >= 11 is 12.5. The fourth-order valence-electron chi connectivity index (χ4n) is 3.61. The molecule has 0 saturated heterocycles. The van der Waals surface area contributed by atoms with Gasteiger partial charge >= 0.3 is 0 Å². The van der Waals surface area contributed by atoms with Gasteiger partial charge in [0.25, 0.3) is 10.0 Å². The van der Waals surface area contributed by atoms with Crippen molar-refractivity contribution < 1.29 is 13.2 Å². The standard InChI is InChI=1S/C21H24Cl2N2O3S/c1-24(16-9-4-2-5-10-16)20(26)15-25(19-14-8-13-18(22)21(19)23)29(27,28)17-11-6-3-7-12-17/h3,6-8,11-14,16H,2,4-5,9-10,15H2,1H3. The Kier molecular flexibility index (Phi) is 7.09. The van der Waals surface area contributed by atoms with E-state index in [-0.39, 0.29) is 39.1 Å². The molecule has 5 nitrogen and oxygen atoms in total. The first-order chi connectivity index (χ1) is 13.8. The molecule has 156 valence electrons. The number of halogens is 2. The van der Waals surface area contributed by atoms with Crippen molar-refractivity contribution in [2.24, 2.45) is 0 Å². The summed E-state index contributed by atoms with van der Waals surface area (Å²) in [6.07, 6.45) is 5.20. The second kappa shape index (κ2) is 9.37. The minimum Gasteiger partial charge on any atom is -0.341 e. The number of carbonyl (C=O) groups excluding carboxylic acids is 1. The number of hydrogen-bond donors (Lipinski definition) is 0. The minimum absolute atomic E-state index is 0.0872. The molecule has 1 amide bonds. The smallest absolute Gasteiger partial charge is 0.264 e. The van der Waals surface area contributed by atoms with Crippen LogP contribution >= 0.6 is 23.2 Å². The lowest BCUT2D eigenvalue weighted by molar-refractivity contribution is -0.130. The molecule has 1 saturated carbocycles. The van der Waals surface area contributed by atoms with Gasteiger partial charge in [0.1, 0.15) is 6.54 Å². The summed E-state index contributed by atoms with van der Waals surface area (Å²) in [5.74, 6) is -0.271. The molecule has 0 heterocycles. The van der Waals surface area contributed by atoms with Crippen LogP contribution in [-0.2, 0) is 14.8 Å². The van der Waals surface area contributed by atoms with Gasteiger partial charge in [0.05, 0.1) is 20.6 Å². The zero-order valence-electron chi connectivity index (χ0n) is 16.2. The summed E-state index contributed by atoms with van der Waals surface area (Å²) in [6, 6.07) is 12.9. The average Bonchev–Trinajstić information content (AvgIpc) is 2.74. The first kappa shape index (κ1) is 21.9. The highest BCUT2D eigenvalue weighted by Crippen LogP contribution is 2.35. The van der Waals surface area contributed by atoms with E-state index in [4.69, 9.17) is 23.2 Å². The summed E-state index contributed by atoms with van der Waals surface area (Å²) in [4.78, 5) is 14.8. The molecule has 1 aliphatic carbocycles. The zero-order chi connectivity index (χ0) is 21.0. The molecule has 0 spiro atoms. The van der Waals surface area contributed by atoms with Crippen molar-refractivity contribution in [1.29, 1.82) is 0 Å². The van der Waals surface area contributed by atoms with Crippen molar-refractivity contribution in [2.75, 3.05) is 17.9 Å². The Morgan fingerprint density at radius 3 is 2.31 bits per heavy atom. The van der Waals surface area contributed by atoms with E-state index < -0.39 is 10.0 Å². The Labute approximate surface area is 182 Å². The number of benzene rings is 2. The molecule has 1 fully saturated rings. The van der Waals surface area contributed by atoms with Gasteiger partial charge in [0, 0.05) is 13.1 Å². The van der Waals surface area contributed by atoms with Crippen molar-refractivity contribution in [3.05, 3.63) is 58.6 Å². The van der Waals surface area contributed by atoms with Gasteiger partial charge in [0.2, 0.25) is 5.91 Å². The number of likely N-dealkylation sites (N-methyl/N-ethyl adjacent to an activating group) is 1. The number of anilines is 1. The fourth-order valence-corrected chi connectivity index (χ4v) is 5.51. The highest BCUT2D eigenvalue weighted by molar-refractivity contribution is 7.92. The number of hydrogen-bond acceptors (Lipinski definition) is 3. The maximum absolute atomic E-state index is 13.4. The molecule has 0 radical (unpaired) electrons. The van der Waals surface area contributed by atoms with Crippen LogP contribution in [0.5, 0.6) is 0 Å². The van der Waals surface area contributed by atoms with Gasteiger partial charge in [-0.3, -0.25) is 9.10 Å². The van der Waals surface area contributed by atoms with Gasteiger partial charge in [-0.2, -0.15) is 0 Å². The van der Waals surface area contributed by atoms with Crippen LogP contribution in [0.1, 0.15) is 32.1 Å². The molecule has 29 heavy (non-hydrogen) atoms. The van der Waals surface area contributed by atoms with E-state index in [0.29, 0.717) is 0 Å². The molecule has 0 unspecified atom stereocenters. The lowest BCUT2D eigenvalue weighted by Crippen LogP contribution is -2.46. The second-order valence-electron chi connectivity index (χ2n) is 7.19. The van der Waals surface area contributed by atoms with Gasteiger partial charge in [0.15, 0.2) is 0 Å². The van der Waals surface area contributed by atoms with Gasteiger partial charge in [-0.15, -0.1) is 0 Å². The Hall–Kier alpha value is -1.76. The summed E-state index contributed by atoms with van der Waals surface area (Å²) in [6.45, 7) is -0.343. The Morgan fingerprint density at radius 2 is 1.66 bits per heavy atom. The highest BCUT2D eigenvalue weighted by atomic mass is 35.5. The lowest BCUT2D eigenvalue weighted by atomic mass is 9.94. The molecule has 1 aliphatic rings. The Balaban J connectivity index is 1.97. The minimum atomic E-state index is -4.01. The summed E-state index contributed by atoms with van der Waals surface area (Å²) in [5, 5.41) is 0.326. The summed E-state index contributed by atoms with van der Waals surface area (Å²) in [7, 11) is -2.27. The third-order valence-electron chi connectivity index (χ3n) is 5.33. The first-order valence-corrected chi connectivity index (χ1v) is 11.8. The van der Waals surface area contributed by atoms with Gasteiger partial charge in [-0.05, 0) is 37.1 Å². The molecule has 3 rings (SSSR count). The van der Waals surface area contributed by atoms with Crippen LogP contribution in [0.15, 0.2) is 53.4 Å². The molecule has 0 atom stereocenters. The Bertz CT molecular complexity index is 961. The van der Waals surface area contributed by atoms with Crippen molar-refractivity contribution >= 4 is 44.8 Å². The van der Waals surface area contributed by atoms with E-state index in [1.54, 1.807) is 48.3 Å². The van der Waals surface area contributed by atoms with Crippen LogP contribution in [0, 0.1) is 0 Å². The van der Waals surface area contributed by atoms with Crippen LogP contribution in [0.25, 0.3) is 0 Å². The third kappa shape index (κ3) is 4.87.